The first kappa shape index (κ1) is 31.1. The lowest BCUT2D eigenvalue weighted by molar-refractivity contribution is -0.0311. The molecule has 2 saturated heterocycles. The Morgan fingerprint density at radius 3 is 2.57 bits per heavy atom. The van der Waals surface area contributed by atoms with Gasteiger partial charge in [0.2, 0.25) is 10.0 Å². The summed E-state index contributed by atoms with van der Waals surface area (Å²) in [5.74, 6) is 0.358. The molecule has 0 amide bonds. The van der Waals surface area contributed by atoms with E-state index < -0.39 is 26.2 Å². The molecule has 1 aromatic heterocycles. The molecule has 2 atom stereocenters. The highest BCUT2D eigenvalue weighted by Crippen LogP contribution is 2.39. The van der Waals surface area contributed by atoms with Crippen LogP contribution in [0.2, 0.25) is 0 Å². The summed E-state index contributed by atoms with van der Waals surface area (Å²) < 4.78 is 67.3. The Hall–Kier alpha value is -2.36. The Bertz CT molecular complexity index is 1550. The molecule has 10 nitrogen and oxygen atoms in total. The van der Waals surface area contributed by atoms with Crippen molar-refractivity contribution in [1.29, 1.82) is 0 Å². The van der Waals surface area contributed by atoms with Gasteiger partial charge in [-0.25, -0.2) is 21.6 Å². The van der Waals surface area contributed by atoms with Gasteiger partial charge in [0.1, 0.15) is 22.7 Å². The van der Waals surface area contributed by atoms with Crippen LogP contribution in [0.5, 0.6) is 5.75 Å². The summed E-state index contributed by atoms with van der Waals surface area (Å²) in [6.07, 6.45) is 1.14. The van der Waals surface area contributed by atoms with Crippen LogP contribution in [0.4, 0.5) is 0 Å². The smallest absolute Gasteiger partial charge is 0.252 e. The average molecular weight is 636 g/mol. The van der Waals surface area contributed by atoms with Crippen LogP contribution in [0.1, 0.15) is 26.2 Å². The average Bonchev–Trinajstić information content (AvgIpc) is 3.65. The van der Waals surface area contributed by atoms with E-state index >= 15 is 0 Å². The van der Waals surface area contributed by atoms with Crippen LogP contribution in [0.25, 0.3) is 10.4 Å². The molecule has 2 fully saturated rings. The number of aliphatic hydroxyl groups is 1. The van der Waals surface area contributed by atoms with E-state index in [4.69, 9.17) is 9.47 Å². The molecule has 1 spiro atoms. The lowest BCUT2D eigenvalue weighted by Crippen LogP contribution is -2.47. The van der Waals surface area contributed by atoms with Gasteiger partial charge in [-0.3, -0.25) is 0 Å². The summed E-state index contributed by atoms with van der Waals surface area (Å²) in [5, 5.41) is 13.8. The van der Waals surface area contributed by atoms with Crippen LogP contribution in [0, 0.1) is 0 Å². The number of thiophene rings is 1. The number of nitrogens with one attached hydrogen (secondary N) is 2. The van der Waals surface area contributed by atoms with Gasteiger partial charge in [-0.2, -0.15) is 4.31 Å². The second-order valence-corrected chi connectivity index (χ2v) is 15.6. The zero-order valence-electron chi connectivity index (χ0n) is 23.4. The Labute approximate surface area is 251 Å². The summed E-state index contributed by atoms with van der Waals surface area (Å²) in [6, 6.07) is 19.5. The van der Waals surface area contributed by atoms with Crippen molar-refractivity contribution in [1.82, 2.24) is 14.3 Å². The molecule has 3 aromatic rings. The van der Waals surface area contributed by atoms with Crippen molar-refractivity contribution in [3.05, 3.63) is 66.7 Å². The van der Waals surface area contributed by atoms with Crippen LogP contribution >= 0.6 is 11.3 Å². The zero-order valence-corrected chi connectivity index (χ0v) is 25.9. The predicted octanol–water partition coefficient (Wildman–Crippen LogP) is 3.06. The topological polar surface area (TPSA) is 134 Å². The van der Waals surface area contributed by atoms with E-state index in [1.807, 2.05) is 36.4 Å². The molecule has 0 saturated carbocycles. The number of rotatable bonds is 12. The fourth-order valence-electron chi connectivity index (χ4n) is 5.36. The lowest BCUT2D eigenvalue weighted by Gasteiger charge is -2.37. The second kappa shape index (κ2) is 13.1. The second-order valence-electron chi connectivity index (χ2n) is 10.6. The highest BCUT2D eigenvalue weighted by atomic mass is 32.2. The number of aliphatic hydroxyl groups excluding tert-OH is 1. The monoisotopic (exact) mass is 635 g/mol. The van der Waals surface area contributed by atoms with Gasteiger partial charge in [-0.15, -0.1) is 11.3 Å². The van der Waals surface area contributed by atoms with Gasteiger partial charge >= 0.3 is 0 Å². The van der Waals surface area contributed by atoms with Crippen LogP contribution in [-0.4, -0.2) is 83.4 Å². The Morgan fingerprint density at radius 1 is 1.07 bits per heavy atom. The highest BCUT2D eigenvalue weighted by Gasteiger charge is 2.45. The van der Waals surface area contributed by atoms with E-state index in [2.05, 4.69) is 10.0 Å². The molecule has 0 bridgehead atoms. The van der Waals surface area contributed by atoms with Gasteiger partial charge < -0.3 is 19.9 Å². The van der Waals surface area contributed by atoms with Crippen molar-refractivity contribution in [2.24, 2.45) is 0 Å². The van der Waals surface area contributed by atoms with Crippen LogP contribution in [0.3, 0.4) is 0 Å². The van der Waals surface area contributed by atoms with Crippen molar-refractivity contribution < 1.29 is 31.4 Å². The quantitative estimate of drug-likeness (QED) is 0.277. The maximum Gasteiger partial charge on any atom is 0.252 e. The molecule has 0 aliphatic carbocycles. The third-order valence-electron chi connectivity index (χ3n) is 7.61. The first-order valence-corrected chi connectivity index (χ1v) is 17.8. The molecule has 3 N–H and O–H groups in total. The summed E-state index contributed by atoms with van der Waals surface area (Å²) in [5.41, 5.74) is 0.620. The zero-order chi connectivity index (χ0) is 29.8. The fourth-order valence-corrected chi connectivity index (χ4v) is 9.34. The molecule has 2 aliphatic rings. The van der Waals surface area contributed by atoms with Gasteiger partial charge in [-0.1, -0.05) is 43.3 Å². The number of hydrogen-bond acceptors (Lipinski definition) is 9. The Kier molecular flexibility index (Phi) is 9.69. The molecule has 42 heavy (non-hydrogen) atoms. The van der Waals surface area contributed by atoms with Crippen LogP contribution in [0.15, 0.2) is 75.8 Å². The van der Waals surface area contributed by atoms with Gasteiger partial charge in [0, 0.05) is 43.2 Å². The van der Waals surface area contributed by atoms with Gasteiger partial charge in [0.25, 0.3) is 10.0 Å². The van der Waals surface area contributed by atoms with E-state index in [1.54, 1.807) is 29.4 Å². The van der Waals surface area contributed by atoms with Gasteiger partial charge in [0.15, 0.2) is 0 Å². The van der Waals surface area contributed by atoms with E-state index in [0.717, 1.165) is 16.9 Å². The molecule has 2 aliphatic heterocycles. The van der Waals surface area contributed by atoms with Crippen LogP contribution in [-0.2, 0) is 24.8 Å². The summed E-state index contributed by atoms with van der Waals surface area (Å²) in [6.45, 7) is 3.54. The summed E-state index contributed by atoms with van der Waals surface area (Å²) in [4.78, 5) is 1.03. The number of piperidine rings is 1. The molecule has 1 unspecified atom stereocenters. The first-order valence-electron chi connectivity index (χ1n) is 14.0. The molecular formula is C29H37N3O7S3. The lowest BCUT2D eigenvalue weighted by atomic mass is 9.88. The normalized spacial score (nSPS) is 20.1. The van der Waals surface area contributed by atoms with Crippen molar-refractivity contribution in [2.75, 3.05) is 39.4 Å². The van der Waals surface area contributed by atoms with Gasteiger partial charge in [-0.05, 0) is 49.1 Å². The predicted molar refractivity (Wildman–Crippen MR) is 162 cm³/mol. The van der Waals surface area contributed by atoms with Crippen molar-refractivity contribution in [3.63, 3.8) is 0 Å². The van der Waals surface area contributed by atoms with Crippen molar-refractivity contribution in [2.45, 2.75) is 53.0 Å². The Morgan fingerprint density at radius 2 is 1.83 bits per heavy atom. The molecule has 228 valence electrons. The fraction of sp³-hybridized carbons (Fsp3) is 0.448. The first-order chi connectivity index (χ1) is 20.1. The largest absolute Gasteiger partial charge is 0.491 e. The molecular weight excluding hydrogens is 599 g/mol. The molecule has 5 rings (SSSR count). The number of hydrogen-bond donors (Lipinski definition) is 3. The van der Waals surface area contributed by atoms with E-state index in [1.165, 1.54) is 23.5 Å². The minimum atomic E-state index is -3.60. The minimum Gasteiger partial charge on any atom is -0.491 e. The summed E-state index contributed by atoms with van der Waals surface area (Å²) in [7, 11) is -7.17. The van der Waals surface area contributed by atoms with E-state index in [0.29, 0.717) is 42.5 Å². The van der Waals surface area contributed by atoms with E-state index in [9.17, 15) is 21.9 Å². The number of benzene rings is 2. The van der Waals surface area contributed by atoms with Crippen LogP contribution < -0.4 is 14.8 Å². The van der Waals surface area contributed by atoms with Gasteiger partial charge in [0.05, 0.1) is 17.1 Å². The summed E-state index contributed by atoms with van der Waals surface area (Å²) >= 11 is 1.29. The third kappa shape index (κ3) is 7.22. The molecule has 13 heteroatoms. The number of sulfonamides is 2. The maximum absolute atomic E-state index is 13.3. The molecule has 2 aromatic carbocycles. The minimum absolute atomic E-state index is 0.00203. The third-order valence-corrected chi connectivity index (χ3v) is 12.7. The SMILES string of the molecule is CCNS(=O)(=O)c1cccc(OC[C@@H](O)CNC2COC3(CCN(S(=O)(=O)c4ccc(-c5ccccc5)s4)CC3)C2)c1. The van der Waals surface area contributed by atoms with E-state index in [-0.39, 0.29) is 36.2 Å². The molecule has 3 heterocycles. The standard InChI is InChI=1S/C29H37N3O7S3/c1-2-31-41(34,35)26-10-6-9-25(17-26)38-21-24(33)19-30-23-18-29(39-20-23)13-15-32(16-14-29)42(36,37)28-12-11-27(40-28)22-7-4-3-5-8-22/h3-12,17,23-24,30-31,33H,2,13-16,18-21H2,1H3/t23?,24-/m0/s1. The maximum atomic E-state index is 13.3. The van der Waals surface area contributed by atoms with Crippen molar-refractivity contribution in [3.8, 4) is 16.2 Å². The Balaban J connectivity index is 1.07. The number of nitrogens with zero attached hydrogens (tertiary/aromatic N) is 1. The van der Waals surface area contributed by atoms with Crippen molar-refractivity contribution >= 4 is 31.4 Å². The number of ether oxygens (including phenoxy) is 2. The highest BCUT2D eigenvalue weighted by molar-refractivity contribution is 7.91. The molecule has 0 radical (unpaired) electrons.